The fourth-order valence-corrected chi connectivity index (χ4v) is 1.47. The lowest BCUT2D eigenvalue weighted by molar-refractivity contribution is 0.0535. The summed E-state index contributed by atoms with van der Waals surface area (Å²) in [5, 5.41) is 2.92. The van der Waals surface area contributed by atoms with E-state index < -0.39 is 0 Å². The van der Waals surface area contributed by atoms with Crippen LogP contribution in [-0.4, -0.2) is 5.97 Å². The van der Waals surface area contributed by atoms with E-state index in [2.05, 4.69) is 5.32 Å². The Kier molecular flexibility index (Phi) is 3.76. The molecule has 1 N–H and O–H groups in total. The molecule has 0 fully saturated rings. The molecule has 0 spiro atoms. The third kappa shape index (κ3) is 3.08. The molecule has 86 valence electrons. The van der Waals surface area contributed by atoms with Crippen molar-refractivity contribution in [3.05, 3.63) is 72.1 Å². The van der Waals surface area contributed by atoms with Crippen LogP contribution in [0.4, 0.5) is 0 Å². The molecule has 0 saturated carbocycles. The SMILES string of the molecule is C1=CC=CNC=C1.O=C1OCc2ccccc21. The van der Waals surface area contributed by atoms with Gasteiger partial charge < -0.3 is 10.1 Å². The van der Waals surface area contributed by atoms with Crippen molar-refractivity contribution < 1.29 is 9.53 Å². The van der Waals surface area contributed by atoms with Crippen LogP contribution >= 0.6 is 0 Å². The molecule has 0 aromatic heterocycles. The van der Waals surface area contributed by atoms with Crippen LogP contribution in [0, 0.1) is 0 Å². The number of cyclic esters (lactones) is 1. The van der Waals surface area contributed by atoms with Crippen LogP contribution in [0.2, 0.25) is 0 Å². The summed E-state index contributed by atoms with van der Waals surface area (Å²) in [6, 6.07) is 7.43. The summed E-state index contributed by atoms with van der Waals surface area (Å²) in [5.74, 6) is -0.199. The Balaban J connectivity index is 0.000000136. The smallest absolute Gasteiger partial charge is 0.338 e. The lowest BCUT2D eigenvalue weighted by atomic mass is 10.1. The second kappa shape index (κ2) is 5.70. The highest BCUT2D eigenvalue weighted by molar-refractivity contribution is 5.93. The van der Waals surface area contributed by atoms with E-state index in [1.54, 1.807) is 6.07 Å². The fourth-order valence-electron chi connectivity index (χ4n) is 1.47. The van der Waals surface area contributed by atoms with E-state index in [-0.39, 0.29) is 5.97 Å². The van der Waals surface area contributed by atoms with Crippen molar-refractivity contribution in [2.45, 2.75) is 6.61 Å². The minimum absolute atomic E-state index is 0.199. The van der Waals surface area contributed by atoms with Gasteiger partial charge in [0.1, 0.15) is 6.61 Å². The molecule has 0 atom stereocenters. The monoisotopic (exact) mass is 227 g/mol. The van der Waals surface area contributed by atoms with Crippen LogP contribution in [0.5, 0.6) is 0 Å². The Morgan fingerprint density at radius 1 is 1.00 bits per heavy atom. The summed E-state index contributed by atoms with van der Waals surface area (Å²) in [4.78, 5) is 10.8. The zero-order valence-corrected chi connectivity index (χ0v) is 9.30. The van der Waals surface area contributed by atoms with Gasteiger partial charge in [-0.25, -0.2) is 4.79 Å². The summed E-state index contributed by atoms with van der Waals surface area (Å²) in [7, 11) is 0. The zero-order valence-electron chi connectivity index (χ0n) is 9.30. The molecule has 2 heterocycles. The van der Waals surface area contributed by atoms with Gasteiger partial charge >= 0.3 is 5.97 Å². The molecular formula is C14H13NO2. The van der Waals surface area contributed by atoms with Crippen LogP contribution in [0.15, 0.2) is 61.0 Å². The van der Waals surface area contributed by atoms with Crippen molar-refractivity contribution in [2.75, 3.05) is 0 Å². The number of esters is 1. The normalized spacial score (nSPS) is 15.2. The number of ether oxygens (including phenoxy) is 1. The predicted octanol–water partition coefficient (Wildman–Crippen LogP) is 2.53. The number of rotatable bonds is 0. The second-order valence-corrected chi connectivity index (χ2v) is 3.50. The number of hydrogen-bond acceptors (Lipinski definition) is 3. The Morgan fingerprint density at radius 3 is 2.41 bits per heavy atom. The quantitative estimate of drug-likeness (QED) is 0.692. The van der Waals surface area contributed by atoms with Crippen molar-refractivity contribution >= 4 is 5.97 Å². The average Bonchev–Trinajstić information content (AvgIpc) is 2.62. The molecule has 0 saturated heterocycles. The molecule has 0 unspecified atom stereocenters. The molecule has 0 amide bonds. The maximum atomic E-state index is 10.8. The van der Waals surface area contributed by atoms with Crippen LogP contribution in [-0.2, 0) is 11.3 Å². The molecule has 3 rings (SSSR count). The molecule has 0 radical (unpaired) electrons. The molecule has 1 aromatic carbocycles. The molecule has 0 bridgehead atoms. The summed E-state index contributed by atoms with van der Waals surface area (Å²) in [6.45, 7) is 0.439. The standard InChI is InChI=1S/C8H6O2.C6H7N/c9-8-7-4-2-1-3-6(7)5-10-8;1-2-4-6-7-5-3-1/h1-4H,5H2;1-7H. The summed E-state index contributed by atoms with van der Waals surface area (Å²) >= 11 is 0. The van der Waals surface area contributed by atoms with Gasteiger partial charge in [-0.15, -0.1) is 0 Å². The first kappa shape index (κ1) is 11.2. The van der Waals surface area contributed by atoms with Gasteiger partial charge in [-0.2, -0.15) is 0 Å². The molecule has 2 aliphatic heterocycles. The van der Waals surface area contributed by atoms with Crippen molar-refractivity contribution in [3.8, 4) is 0 Å². The van der Waals surface area contributed by atoms with E-state index in [4.69, 9.17) is 4.74 Å². The molecule has 1 aromatic rings. The Bertz CT molecular complexity index is 473. The third-order valence-electron chi connectivity index (χ3n) is 2.31. The first-order valence-electron chi connectivity index (χ1n) is 5.37. The molecule has 3 heteroatoms. The van der Waals surface area contributed by atoms with Gasteiger partial charge in [0, 0.05) is 18.0 Å². The highest BCUT2D eigenvalue weighted by atomic mass is 16.5. The van der Waals surface area contributed by atoms with E-state index in [9.17, 15) is 4.79 Å². The maximum absolute atomic E-state index is 10.8. The van der Waals surface area contributed by atoms with E-state index in [1.807, 2.05) is 54.9 Å². The number of fused-ring (bicyclic) bond motifs is 1. The molecule has 17 heavy (non-hydrogen) atoms. The topological polar surface area (TPSA) is 38.3 Å². The lowest BCUT2D eigenvalue weighted by Crippen LogP contribution is -1.91. The number of carbonyl (C=O) groups excluding carboxylic acids is 1. The zero-order chi connectivity index (χ0) is 11.9. The maximum Gasteiger partial charge on any atom is 0.338 e. The van der Waals surface area contributed by atoms with E-state index in [0.717, 1.165) is 5.56 Å². The summed E-state index contributed by atoms with van der Waals surface area (Å²) in [5.41, 5.74) is 1.70. The minimum atomic E-state index is -0.199. The predicted molar refractivity (Wildman–Crippen MR) is 66.1 cm³/mol. The van der Waals surface area contributed by atoms with Crippen LogP contribution in [0.3, 0.4) is 0 Å². The number of carbonyl (C=O) groups is 1. The minimum Gasteiger partial charge on any atom is -0.457 e. The van der Waals surface area contributed by atoms with Gasteiger partial charge in [-0.1, -0.05) is 30.4 Å². The number of benzene rings is 1. The second-order valence-electron chi connectivity index (χ2n) is 3.50. The summed E-state index contributed by atoms with van der Waals surface area (Å²) < 4.78 is 4.78. The Hall–Kier alpha value is -2.29. The molecule has 2 aliphatic rings. The van der Waals surface area contributed by atoms with Crippen molar-refractivity contribution in [2.24, 2.45) is 0 Å². The molecular weight excluding hydrogens is 214 g/mol. The number of nitrogens with one attached hydrogen (secondary N) is 1. The van der Waals surface area contributed by atoms with Crippen molar-refractivity contribution in [1.29, 1.82) is 0 Å². The van der Waals surface area contributed by atoms with Crippen molar-refractivity contribution in [1.82, 2.24) is 5.32 Å². The van der Waals surface area contributed by atoms with E-state index in [0.29, 0.717) is 12.2 Å². The lowest BCUT2D eigenvalue weighted by Gasteiger charge is -1.87. The average molecular weight is 227 g/mol. The van der Waals surface area contributed by atoms with Gasteiger partial charge in [-0.05, 0) is 18.2 Å². The fraction of sp³-hybridized carbons (Fsp3) is 0.0714. The Labute approximate surface area is 100 Å². The number of hydrogen-bond donors (Lipinski definition) is 1. The number of allylic oxidation sites excluding steroid dienone is 4. The van der Waals surface area contributed by atoms with Crippen LogP contribution < -0.4 is 5.32 Å². The van der Waals surface area contributed by atoms with Gasteiger partial charge in [0.15, 0.2) is 0 Å². The summed E-state index contributed by atoms with van der Waals surface area (Å²) in [6.07, 6.45) is 11.6. The van der Waals surface area contributed by atoms with Gasteiger partial charge in [0.05, 0.1) is 5.56 Å². The largest absolute Gasteiger partial charge is 0.457 e. The highest BCUT2D eigenvalue weighted by Crippen LogP contribution is 2.17. The molecule has 3 nitrogen and oxygen atoms in total. The van der Waals surface area contributed by atoms with E-state index in [1.165, 1.54) is 0 Å². The van der Waals surface area contributed by atoms with E-state index >= 15 is 0 Å². The molecule has 0 aliphatic carbocycles. The highest BCUT2D eigenvalue weighted by Gasteiger charge is 2.18. The van der Waals surface area contributed by atoms with Gasteiger partial charge in [-0.3, -0.25) is 0 Å². The first-order chi connectivity index (χ1) is 8.38. The first-order valence-corrected chi connectivity index (χ1v) is 5.37. The van der Waals surface area contributed by atoms with Gasteiger partial charge in [0.2, 0.25) is 0 Å². The third-order valence-corrected chi connectivity index (χ3v) is 2.31. The Morgan fingerprint density at radius 2 is 1.71 bits per heavy atom. The van der Waals surface area contributed by atoms with Gasteiger partial charge in [0.25, 0.3) is 0 Å². The van der Waals surface area contributed by atoms with Crippen molar-refractivity contribution in [3.63, 3.8) is 0 Å². The van der Waals surface area contributed by atoms with Crippen LogP contribution in [0.25, 0.3) is 0 Å². The van der Waals surface area contributed by atoms with Crippen LogP contribution in [0.1, 0.15) is 15.9 Å².